The Kier molecular flexibility index (Phi) is 3.78. The summed E-state index contributed by atoms with van der Waals surface area (Å²) in [6, 6.07) is 0. The molecule has 17 heavy (non-hydrogen) atoms. The summed E-state index contributed by atoms with van der Waals surface area (Å²) in [4.78, 5) is 11.6. The van der Waals surface area contributed by atoms with Gasteiger partial charge >= 0.3 is 5.97 Å². The van der Waals surface area contributed by atoms with E-state index in [1.54, 1.807) is 0 Å². The third-order valence-electron chi connectivity index (χ3n) is 3.68. The Morgan fingerprint density at radius 3 is 2.06 bits per heavy atom. The molecule has 1 unspecified atom stereocenters. The van der Waals surface area contributed by atoms with Crippen LogP contribution in [0.4, 0.5) is 8.78 Å². The van der Waals surface area contributed by atoms with Crippen LogP contribution in [0.5, 0.6) is 0 Å². The summed E-state index contributed by atoms with van der Waals surface area (Å²) in [6.45, 7) is 1.36. The van der Waals surface area contributed by atoms with E-state index < -0.39 is 35.9 Å². The third kappa shape index (κ3) is 2.42. The molecule has 0 aromatic carbocycles. The Hall–Kier alpha value is -0.750. The Balaban J connectivity index is 2.93. The van der Waals surface area contributed by atoms with E-state index >= 15 is 0 Å². The molecule has 0 heterocycles. The minimum atomic E-state index is -2.78. The fraction of sp³-hybridized carbons (Fsp3) is 0.909. The van der Waals surface area contributed by atoms with Crippen molar-refractivity contribution in [1.29, 1.82) is 0 Å². The average Bonchev–Trinajstić information content (AvgIpc) is 2.31. The molecule has 1 aliphatic carbocycles. The van der Waals surface area contributed by atoms with Crippen LogP contribution in [0.15, 0.2) is 0 Å². The van der Waals surface area contributed by atoms with Crippen LogP contribution < -0.4 is 0 Å². The fourth-order valence-electron chi connectivity index (χ4n) is 2.16. The minimum Gasteiger partial charge on any atom is -0.467 e. The van der Waals surface area contributed by atoms with Crippen molar-refractivity contribution >= 4 is 5.97 Å². The molecular weight excluding hydrogens is 234 g/mol. The highest BCUT2D eigenvalue weighted by Gasteiger charge is 2.57. The van der Waals surface area contributed by atoms with Gasteiger partial charge in [0, 0.05) is 20.0 Å². The number of hydrogen-bond acceptors (Lipinski definition) is 4. The third-order valence-corrected chi connectivity index (χ3v) is 3.68. The Labute approximate surface area is 98.9 Å². The number of carbonyl (C=O) groups excluding carboxylic acids is 1. The minimum absolute atomic E-state index is 0.195. The summed E-state index contributed by atoms with van der Waals surface area (Å²) in [5.41, 5.74) is -3.23. The summed E-state index contributed by atoms with van der Waals surface area (Å²) < 4.78 is 35.7. The van der Waals surface area contributed by atoms with E-state index in [4.69, 9.17) is 4.74 Å². The van der Waals surface area contributed by atoms with Crippen LogP contribution in [-0.2, 0) is 14.3 Å². The lowest BCUT2D eigenvalue weighted by molar-refractivity contribution is -0.218. The van der Waals surface area contributed by atoms with Crippen molar-refractivity contribution in [2.75, 3.05) is 14.2 Å². The number of rotatable bonds is 3. The van der Waals surface area contributed by atoms with Crippen LogP contribution in [0.3, 0.4) is 0 Å². The monoisotopic (exact) mass is 252 g/mol. The maximum absolute atomic E-state index is 13.1. The second-order valence-electron chi connectivity index (χ2n) is 4.62. The van der Waals surface area contributed by atoms with Gasteiger partial charge in [-0.15, -0.1) is 0 Å². The molecule has 0 aromatic rings. The SMILES string of the molecule is COC(=O)C(C)(OC)C1(O)CCC(F)(F)CC1. The van der Waals surface area contributed by atoms with Crippen molar-refractivity contribution < 1.29 is 28.2 Å². The zero-order valence-corrected chi connectivity index (χ0v) is 10.3. The predicted molar refractivity (Wildman–Crippen MR) is 55.8 cm³/mol. The van der Waals surface area contributed by atoms with Gasteiger partial charge in [-0.2, -0.15) is 0 Å². The lowest BCUT2D eigenvalue weighted by Crippen LogP contribution is -2.61. The molecular formula is C11H18F2O4. The quantitative estimate of drug-likeness (QED) is 0.773. The van der Waals surface area contributed by atoms with Crippen LogP contribution >= 0.6 is 0 Å². The number of methoxy groups -OCH3 is 2. The van der Waals surface area contributed by atoms with Gasteiger partial charge in [-0.3, -0.25) is 0 Å². The summed E-state index contributed by atoms with van der Waals surface area (Å²) in [6.07, 6.45) is -1.31. The van der Waals surface area contributed by atoms with E-state index in [1.807, 2.05) is 0 Å². The predicted octanol–water partition coefficient (Wildman–Crippen LogP) is 1.50. The first-order chi connectivity index (χ1) is 7.71. The number of ether oxygens (including phenoxy) is 2. The molecule has 6 heteroatoms. The van der Waals surface area contributed by atoms with Gasteiger partial charge in [0.2, 0.25) is 5.92 Å². The normalized spacial score (nSPS) is 26.0. The van der Waals surface area contributed by atoms with Crippen LogP contribution in [0.25, 0.3) is 0 Å². The summed E-state index contributed by atoms with van der Waals surface area (Å²) >= 11 is 0. The van der Waals surface area contributed by atoms with E-state index in [-0.39, 0.29) is 12.8 Å². The Morgan fingerprint density at radius 2 is 1.71 bits per heavy atom. The Morgan fingerprint density at radius 1 is 1.24 bits per heavy atom. The second kappa shape index (κ2) is 4.49. The number of alkyl halides is 2. The van der Waals surface area contributed by atoms with Crippen molar-refractivity contribution in [1.82, 2.24) is 0 Å². The topological polar surface area (TPSA) is 55.8 Å². The van der Waals surface area contributed by atoms with Crippen molar-refractivity contribution in [3.05, 3.63) is 0 Å². The maximum atomic E-state index is 13.1. The van der Waals surface area contributed by atoms with Crippen LogP contribution in [0.2, 0.25) is 0 Å². The van der Waals surface area contributed by atoms with E-state index in [9.17, 15) is 18.7 Å². The second-order valence-corrected chi connectivity index (χ2v) is 4.62. The summed E-state index contributed by atoms with van der Waals surface area (Å²) in [5.74, 6) is -3.54. The molecule has 1 N–H and O–H groups in total. The van der Waals surface area contributed by atoms with Gasteiger partial charge in [-0.25, -0.2) is 13.6 Å². The number of aliphatic hydroxyl groups is 1. The standard InChI is InChI=1S/C11H18F2O4/c1-9(17-3,8(14)16-2)10(15)4-6-11(12,13)7-5-10/h15H,4-7H2,1-3H3. The zero-order valence-electron chi connectivity index (χ0n) is 10.3. The zero-order chi connectivity index (χ0) is 13.3. The van der Waals surface area contributed by atoms with Crippen molar-refractivity contribution in [3.63, 3.8) is 0 Å². The van der Waals surface area contributed by atoms with Gasteiger partial charge in [0.25, 0.3) is 0 Å². The molecule has 0 radical (unpaired) electrons. The highest BCUT2D eigenvalue weighted by Crippen LogP contribution is 2.44. The molecule has 0 aliphatic heterocycles. The average molecular weight is 252 g/mol. The Bertz CT molecular complexity index is 296. The smallest absolute Gasteiger partial charge is 0.340 e. The van der Waals surface area contributed by atoms with E-state index in [1.165, 1.54) is 21.1 Å². The summed E-state index contributed by atoms with van der Waals surface area (Å²) in [7, 11) is 2.42. The molecule has 0 amide bonds. The van der Waals surface area contributed by atoms with E-state index in [0.29, 0.717) is 0 Å². The first-order valence-corrected chi connectivity index (χ1v) is 5.44. The fourth-order valence-corrected chi connectivity index (χ4v) is 2.16. The molecule has 1 saturated carbocycles. The van der Waals surface area contributed by atoms with Crippen molar-refractivity contribution in [2.24, 2.45) is 0 Å². The molecule has 1 aliphatic rings. The summed E-state index contributed by atoms with van der Waals surface area (Å²) in [5, 5.41) is 10.4. The van der Waals surface area contributed by atoms with Crippen molar-refractivity contribution in [2.45, 2.75) is 49.7 Å². The molecule has 4 nitrogen and oxygen atoms in total. The number of carbonyl (C=O) groups is 1. The van der Waals surface area contributed by atoms with Gasteiger partial charge in [-0.1, -0.05) is 0 Å². The van der Waals surface area contributed by atoms with E-state index in [0.717, 1.165) is 0 Å². The highest BCUT2D eigenvalue weighted by atomic mass is 19.3. The molecule has 0 saturated heterocycles. The highest BCUT2D eigenvalue weighted by molar-refractivity contribution is 5.80. The molecule has 0 aromatic heterocycles. The van der Waals surface area contributed by atoms with Crippen molar-refractivity contribution in [3.8, 4) is 0 Å². The van der Waals surface area contributed by atoms with Gasteiger partial charge in [0.1, 0.15) is 5.60 Å². The first kappa shape index (κ1) is 14.3. The first-order valence-electron chi connectivity index (χ1n) is 5.44. The molecule has 0 bridgehead atoms. The van der Waals surface area contributed by atoms with Crippen LogP contribution in [0.1, 0.15) is 32.6 Å². The molecule has 100 valence electrons. The lowest BCUT2D eigenvalue weighted by Gasteiger charge is -2.45. The van der Waals surface area contributed by atoms with Crippen LogP contribution in [-0.4, -0.2) is 42.4 Å². The molecule has 1 rings (SSSR count). The number of esters is 1. The maximum Gasteiger partial charge on any atom is 0.340 e. The lowest BCUT2D eigenvalue weighted by atomic mass is 9.72. The van der Waals surface area contributed by atoms with Gasteiger partial charge in [-0.05, 0) is 19.8 Å². The number of hydrogen-bond donors (Lipinski definition) is 1. The largest absolute Gasteiger partial charge is 0.467 e. The van der Waals surface area contributed by atoms with Gasteiger partial charge in [0.15, 0.2) is 5.60 Å². The molecule has 1 fully saturated rings. The van der Waals surface area contributed by atoms with Gasteiger partial charge < -0.3 is 14.6 Å². The van der Waals surface area contributed by atoms with Crippen LogP contribution in [0, 0.1) is 0 Å². The number of halogens is 2. The van der Waals surface area contributed by atoms with E-state index in [2.05, 4.69) is 4.74 Å². The van der Waals surface area contributed by atoms with Gasteiger partial charge in [0.05, 0.1) is 7.11 Å². The molecule has 1 atom stereocenters. The molecule has 0 spiro atoms.